The number of hydrogen-bond donors (Lipinski definition) is 1. The summed E-state index contributed by atoms with van der Waals surface area (Å²) in [6.07, 6.45) is 2.24. The third-order valence-electron chi connectivity index (χ3n) is 4.94. The second kappa shape index (κ2) is 7.30. The SMILES string of the molecule is CC[C@@H]1C(=O)NCCN1C(=O)c1cc2nccc(-c3ccc(OC)cc3)n2n1. The van der Waals surface area contributed by atoms with E-state index >= 15 is 0 Å². The van der Waals surface area contributed by atoms with Gasteiger partial charge in [-0.05, 0) is 36.8 Å². The number of amides is 2. The molecule has 0 radical (unpaired) electrons. The first kappa shape index (κ1) is 18.0. The van der Waals surface area contributed by atoms with Crippen molar-refractivity contribution in [1.29, 1.82) is 0 Å². The molecule has 144 valence electrons. The molecule has 0 spiro atoms. The van der Waals surface area contributed by atoms with E-state index in [1.54, 1.807) is 28.8 Å². The summed E-state index contributed by atoms with van der Waals surface area (Å²) in [6, 6.07) is 10.6. The lowest BCUT2D eigenvalue weighted by atomic mass is 10.1. The lowest BCUT2D eigenvalue weighted by Gasteiger charge is -2.33. The highest BCUT2D eigenvalue weighted by molar-refractivity contribution is 5.97. The van der Waals surface area contributed by atoms with Crippen molar-refractivity contribution in [3.8, 4) is 17.0 Å². The van der Waals surface area contributed by atoms with Gasteiger partial charge < -0.3 is 15.0 Å². The fraction of sp³-hybridized carbons (Fsp3) is 0.300. The zero-order chi connectivity index (χ0) is 19.7. The van der Waals surface area contributed by atoms with Crippen molar-refractivity contribution in [2.24, 2.45) is 0 Å². The molecule has 1 aliphatic heterocycles. The molecule has 0 bridgehead atoms. The third kappa shape index (κ3) is 3.06. The topological polar surface area (TPSA) is 88.8 Å². The van der Waals surface area contributed by atoms with Crippen molar-refractivity contribution in [3.63, 3.8) is 0 Å². The number of rotatable bonds is 4. The molecule has 3 heterocycles. The van der Waals surface area contributed by atoms with Crippen LogP contribution < -0.4 is 10.1 Å². The smallest absolute Gasteiger partial charge is 0.275 e. The molecule has 1 aliphatic rings. The van der Waals surface area contributed by atoms with Gasteiger partial charge in [-0.3, -0.25) is 9.59 Å². The van der Waals surface area contributed by atoms with Crippen molar-refractivity contribution in [3.05, 3.63) is 48.3 Å². The molecular formula is C20H21N5O3. The summed E-state index contributed by atoms with van der Waals surface area (Å²) in [4.78, 5) is 31.0. The Balaban J connectivity index is 1.71. The highest BCUT2D eigenvalue weighted by atomic mass is 16.5. The van der Waals surface area contributed by atoms with E-state index < -0.39 is 6.04 Å². The van der Waals surface area contributed by atoms with E-state index in [-0.39, 0.29) is 17.5 Å². The van der Waals surface area contributed by atoms with Crippen LogP contribution in [0.4, 0.5) is 0 Å². The summed E-state index contributed by atoms with van der Waals surface area (Å²) in [5, 5.41) is 7.31. The van der Waals surface area contributed by atoms with Crippen LogP contribution in [0.3, 0.4) is 0 Å². The van der Waals surface area contributed by atoms with Gasteiger partial charge in [-0.15, -0.1) is 0 Å². The largest absolute Gasteiger partial charge is 0.497 e. The number of aromatic nitrogens is 3. The van der Waals surface area contributed by atoms with Crippen LogP contribution in [0.2, 0.25) is 0 Å². The molecule has 0 aliphatic carbocycles. The number of hydrogen-bond acceptors (Lipinski definition) is 5. The first-order chi connectivity index (χ1) is 13.6. The predicted molar refractivity (Wildman–Crippen MR) is 103 cm³/mol. The second-order valence-corrected chi connectivity index (χ2v) is 6.57. The van der Waals surface area contributed by atoms with Gasteiger partial charge in [-0.25, -0.2) is 9.50 Å². The number of nitrogens with zero attached hydrogens (tertiary/aromatic N) is 4. The summed E-state index contributed by atoms with van der Waals surface area (Å²) in [7, 11) is 1.62. The Hall–Kier alpha value is -3.42. The molecule has 4 rings (SSSR count). The maximum absolute atomic E-state index is 13.0. The van der Waals surface area contributed by atoms with Gasteiger partial charge in [-0.2, -0.15) is 5.10 Å². The Morgan fingerprint density at radius 1 is 1.29 bits per heavy atom. The number of carbonyl (C=O) groups excluding carboxylic acids is 2. The highest BCUT2D eigenvalue weighted by Gasteiger charge is 2.33. The zero-order valence-electron chi connectivity index (χ0n) is 15.8. The van der Waals surface area contributed by atoms with E-state index in [0.29, 0.717) is 25.2 Å². The summed E-state index contributed by atoms with van der Waals surface area (Å²) in [6.45, 7) is 2.81. The predicted octanol–water partition coefficient (Wildman–Crippen LogP) is 1.76. The second-order valence-electron chi connectivity index (χ2n) is 6.57. The van der Waals surface area contributed by atoms with Crippen LogP contribution in [0, 0.1) is 0 Å². The van der Waals surface area contributed by atoms with Crippen molar-refractivity contribution in [2.45, 2.75) is 19.4 Å². The molecule has 0 unspecified atom stereocenters. The summed E-state index contributed by atoms with van der Waals surface area (Å²) in [5.74, 6) is 0.384. The molecule has 0 saturated carbocycles. The zero-order valence-corrected chi connectivity index (χ0v) is 15.8. The van der Waals surface area contributed by atoms with Crippen LogP contribution in [0.15, 0.2) is 42.6 Å². The summed E-state index contributed by atoms with van der Waals surface area (Å²) >= 11 is 0. The molecular weight excluding hydrogens is 358 g/mol. The maximum Gasteiger partial charge on any atom is 0.275 e. The Morgan fingerprint density at radius 2 is 2.07 bits per heavy atom. The molecule has 1 saturated heterocycles. The molecule has 8 heteroatoms. The average molecular weight is 379 g/mol. The fourth-order valence-electron chi connectivity index (χ4n) is 3.49. The molecule has 28 heavy (non-hydrogen) atoms. The molecule has 2 aromatic heterocycles. The molecule has 1 fully saturated rings. The summed E-state index contributed by atoms with van der Waals surface area (Å²) in [5.41, 5.74) is 2.60. The Labute approximate surface area is 162 Å². The van der Waals surface area contributed by atoms with Crippen molar-refractivity contribution >= 4 is 17.5 Å². The van der Waals surface area contributed by atoms with Crippen LogP contribution >= 0.6 is 0 Å². The van der Waals surface area contributed by atoms with Crippen molar-refractivity contribution in [1.82, 2.24) is 24.8 Å². The Morgan fingerprint density at radius 3 is 2.79 bits per heavy atom. The van der Waals surface area contributed by atoms with Gasteiger partial charge in [0, 0.05) is 30.9 Å². The quantitative estimate of drug-likeness (QED) is 0.746. The molecule has 1 aromatic carbocycles. The van der Waals surface area contributed by atoms with Crippen LogP contribution in [0.25, 0.3) is 16.9 Å². The van der Waals surface area contributed by atoms with Gasteiger partial charge in [0.2, 0.25) is 5.91 Å². The molecule has 1 N–H and O–H groups in total. The lowest BCUT2D eigenvalue weighted by molar-refractivity contribution is -0.127. The number of nitrogens with one attached hydrogen (secondary N) is 1. The minimum Gasteiger partial charge on any atom is -0.497 e. The van der Waals surface area contributed by atoms with Crippen molar-refractivity contribution in [2.75, 3.05) is 20.2 Å². The standard InChI is InChI=1S/C20H21N5O3/c1-3-16-19(26)22-10-11-24(16)20(27)15-12-18-21-9-8-17(25(18)23-15)13-4-6-14(28-2)7-5-13/h4-9,12,16H,3,10-11H2,1-2H3,(H,22,26)/t16-/m1/s1. The van der Waals surface area contributed by atoms with E-state index in [9.17, 15) is 9.59 Å². The van der Waals surface area contributed by atoms with E-state index in [2.05, 4.69) is 15.4 Å². The molecule has 8 nitrogen and oxygen atoms in total. The van der Waals surface area contributed by atoms with E-state index in [0.717, 1.165) is 17.0 Å². The highest BCUT2D eigenvalue weighted by Crippen LogP contribution is 2.23. The van der Waals surface area contributed by atoms with E-state index in [1.165, 1.54) is 0 Å². The van der Waals surface area contributed by atoms with E-state index in [4.69, 9.17) is 4.74 Å². The minimum absolute atomic E-state index is 0.122. The number of benzene rings is 1. The van der Waals surface area contributed by atoms with Gasteiger partial charge in [0.1, 0.15) is 11.8 Å². The Bertz CT molecular complexity index is 1030. The normalized spacial score (nSPS) is 16.9. The molecule has 2 amide bonds. The van der Waals surface area contributed by atoms with Crippen LogP contribution in [-0.2, 0) is 4.79 Å². The van der Waals surface area contributed by atoms with Gasteiger partial charge in [-0.1, -0.05) is 6.92 Å². The number of piperazine rings is 1. The number of ether oxygens (including phenoxy) is 1. The number of fused-ring (bicyclic) bond motifs is 1. The maximum atomic E-state index is 13.0. The van der Waals surface area contributed by atoms with Crippen molar-refractivity contribution < 1.29 is 14.3 Å². The van der Waals surface area contributed by atoms with Gasteiger partial charge in [0.25, 0.3) is 5.91 Å². The molecule has 3 aromatic rings. The first-order valence-corrected chi connectivity index (χ1v) is 9.20. The fourth-order valence-corrected chi connectivity index (χ4v) is 3.49. The van der Waals surface area contributed by atoms with Gasteiger partial charge in [0.15, 0.2) is 11.3 Å². The minimum atomic E-state index is -0.472. The van der Waals surface area contributed by atoms with Crippen LogP contribution in [-0.4, -0.2) is 57.6 Å². The average Bonchev–Trinajstić information content (AvgIpc) is 3.17. The number of carbonyl (C=O) groups is 2. The van der Waals surface area contributed by atoms with E-state index in [1.807, 2.05) is 37.3 Å². The van der Waals surface area contributed by atoms with Gasteiger partial charge in [0.05, 0.1) is 12.8 Å². The van der Waals surface area contributed by atoms with Crippen LogP contribution in [0.5, 0.6) is 5.75 Å². The first-order valence-electron chi connectivity index (χ1n) is 9.20. The number of methoxy groups -OCH3 is 1. The molecule has 1 atom stereocenters. The van der Waals surface area contributed by atoms with Crippen LogP contribution in [0.1, 0.15) is 23.8 Å². The third-order valence-corrected chi connectivity index (χ3v) is 4.94. The lowest BCUT2D eigenvalue weighted by Crippen LogP contribution is -2.57. The van der Waals surface area contributed by atoms with Gasteiger partial charge >= 0.3 is 0 Å². The monoisotopic (exact) mass is 379 g/mol. The Kier molecular flexibility index (Phi) is 4.68. The summed E-state index contributed by atoms with van der Waals surface area (Å²) < 4.78 is 6.86.